The zero-order chi connectivity index (χ0) is 7.68. The van der Waals surface area contributed by atoms with Crippen molar-refractivity contribution in [1.29, 1.82) is 0 Å². The van der Waals surface area contributed by atoms with Crippen LogP contribution in [0.4, 0.5) is 0 Å². The molecule has 0 fully saturated rings. The van der Waals surface area contributed by atoms with Gasteiger partial charge in [-0.1, -0.05) is 11.8 Å². The molecular weight excluding hydrogens is 180 g/mol. The molecule has 0 saturated carbocycles. The molecule has 0 radical (unpaired) electrons. The maximum absolute atomic E-state index is 9.98. The fourth-order valence-corrected chi connectivity index (χ4v) is 3.33. The molecule has 2 aliphatic rings. The van der Waals surface area contributed by atoms with Crippen LogP contribution in [0.25, 0.3) is 0 Å². The quantitative estimate of drug-likeness (QED) is 0.616. The summed E-state index contributed by atoms with van der Waals surface area (Å²) >= 11 is 3.37. The van der Waals surface area contributed by atoms with Crippen molar-refractivity contribution in [2.45, 2.75) is 0 Å². The van der Waals surface area contributed by atoms with Gasteiger partial charge in [0.05, 0.1) is 0 Å². The molecule has 0 bridgehead atoms. The van der Waals surface area contributed by atoms with E-state index < -0.39 is 0 Å². The van der Waals surface area contributed by atoms with Crippen molar-refractivity contribution in [3.05, 3.63) is 21.5 Å². The molecule has 0 N–H and O–H groups in total. The molecule has 2 rings (SSSR count). The molecule has 0 aromatic rings. The smallest absolute Gasteiger partial charge is 0.299 e. The average Bonchev–Trinajstić information content (AvgIpc) is 2.46. The molecule has 0 aromatic carbocycles. The number of hydrogen-bond acceptors (Lipinski definition) is 4. The van der Waals surface area contributed by atoms with E-state index in [4.69, 9.17) is 4.74 Å². The molecule has 2 heterocycles. The van der Waals surface area contributed by atoms with Crippen molar-refractivity contribution >= 4 is 30.0 Å². The summed E-state index contributed by atoms with van der Waals surface area (Å²) in [5, 5.41) is 2.86. The molecule has 0 aromatic heterocycles. The lowest BCUT2D eigenvalue weighted by Crippen LogP contribution is -1.89. The lowest BCUT2D eigenvalue weighted by atomic mass is 10.2. The monoisotopic (exact) mass is 186 g/mol. The number of fused-ring (bicyclic) bond motifs is 1. The van der Waals surface area contributed by atoms with Gasteiger partial charge >= 0.3 is 0 Å². The molecule has 2 nitrogen and oxygen atoms in total. The van der Waals surface area contributed by atoms with Crippen LogP contribution in [0, 0.1) is 5.92 Å². The van der Waals surface area contributed by atoms with Gasteiger partial charge in [0.1, 0.15) is 0 Å². The Morgan fingerprint density at radius 3 is 3.36 bits per heavy atom. The summed E-state index contributed by atoms with van der Waals surface area (Å²) < 4.78 is 4.73. The summed E-state index contributed by atoms with van der Waals surface area (Å²) in [6.07, 6.45) is 2.00. The molecule has 0 spiro atoms. The lowest BCUT2D eigenvalue weighted by molar-refractivity contribution is -0.124. The highest BCUT2D eigenvalue weighted by Crippen LogP contribution is 2.46. The van der Waals surface area contributed by atoms with E-state index in [9.17, 15) is 4.79 Å². The maximum atomic E-state index is 9.98. The number of hydrogen-bond donors (Lipinski definition) is 0. The van der Waals surface area contributed by atoms with Gasteiger partial charge in [-0.05, 0) is 11.5 Å². The third-order valence-electron chi connectivity index (χ3n) is 1.56. The molecule has 58 valence electrons. The highest BCUT2D eigenvalue weighted by Gasteiger charge is 2.26. The lowest BCUT2D eigenvalue weighted by Gasteiger charge is -1.95. The minimum Gasteiger partial charge on any atom is -0.422 e. The van der Waals surface area contributed by atoms with Crippen molar-refractivity contribution in [2.75, 3.05) is 5.75 Å². The first-order valence-corrected chi connectivity index (χ1v) is 5.08. The van der Waals surface area contributed by atoms with Crippen LogP contribution in [-0.2, 0) is 9.53 Å². The molecule has 1 atom stereocenters. The van der Waals surface area contributed by atoms with Gasteiger partial charge in [0.25, 0.3) is 6.47 Å². The Bertz CT molecular complexity index is 245. The van der Waals surface area contributed by atoms with Gasteiger partial charge in [-0.15, -0.1) is 11.8 Å². The zero-order valence-corrected chi connectivity index (χ0v) is 7.28. The predicted molar refractivity (Wildman–Crippen MR) is 46.9 cm³/mol. The molecule has 1 unspecified atom stereocenters. The van der Waals surface area contributed by atoms with Crippen LogP contribution in [0.3, 0.4) is 0 Å². The third-order valence-corrected chi connectivity index (χ3v) is 3.77. The second-order valence-corrected chi connectivity index (χ2v) is 4.24. The summed E-state index contributed by atoms with van der Waals surface area (Å²) in [5.41, 5.74) is 0. The van der Waals surface area contributed by atoms with Gasteiger partial charge in [0, 0.05) is 16.6 Å². The first-order chi connectivity index (χ1) is 5.40. The standard InChI is InChI=1S/C7H6O2S2/c8-4-9-7-1-5-2-10-3-6(5)11-7/h1,3-5H,2H2. The molecule has 4 heteroatoms. The number of allylic oxidation sites excluding steroid dienone is 2. The summed E-state index contributed by atoms with van der Waals surface area (Å²) in [7, 11) is 0. The number of carbonyl (C=O) groups excluding carboxylic acids is 1. The minimum atomic E-state index is 0.480. The van der Waals surface area contributed by atoms with Crippen molar-refractivity contribution in [3.8, 4) is 0 Å². The topological polar surface area (TPSA) is 26.3 Å². The van der Waals surface area contributed by atoms with Crippen LogP contribution in [0.1, 0.15) is 0 Å². The van der Waals surface area contributed by atoms with Crippen molar-refractivity contribution < 1.29 is 9.53 Å². The Balaban J connectivity index is 2.08. The summed E-state index contributed by atoms with van der Waals surface area (Å²) in [6.45, 7) is 0.480. The van der Waals surface area contributed by atoms with E-state index in [0.717, 1.165) is 10.8 Å². The van der Waals surface area contributed by atoms with Crippen LogP contribution >= 0.6 is 23.5 Å². The van der Waals surface area contributed by atoms with Gasteiger partial charge in [0.15, 0.2) is 5.09 Å². The Labute approximate surface area is 73.1 Å². The van der Waals surface area contributed by atoms with Crippen molar-refractivity contribution in [1.82, 2.24) is 0 Å². The second kappa shape index (κ2) is 2.95. The number of carbonyl (C=O) groups is 1. The van der Waals surface area contributed by atoms with E-state index in [1.165, 1.54) is 4.91 Å². The summed E-state index contributed by atoms with van der Waals surface area (Å²) in [4.78, 5) is 11.3. The Hall–Kier alpha value is -0.350. The highest BCUT2D eigenvalue weighted by molar-refractivity contribution is 8.09. The molecule has 0 aliphatic carbocycles. The molecule has 0 amide bonds. The Kier molecular flexibility index (Phi) is 1.96. The summed E-state index contributed by atoms with van der Waals surface area (Å²) in [5.74, 6) is 1.59. The third kappa shape index (κ3) is 1.32. The SMILES string of the molecule is O=COC1=CC2CSC=C2S1. The number of thioether (sulfide) groups is 2. The van der Waals surface area contributed by atoms with Crippen LogP contribution in [0.5, 0.6) is 0 Å². The molecule has 2 aliphatic heterocycles. The van der Waals surface area contributed by atoms with E-state index >= 15 is 0 Å². The normalized spacial score (nSPS) is 27.5. The van der Waals surface area contributed by atoms with Crippen LogP contribution < -0.4 is 0 Å². The first kappa shape index (κ1) is 7.31. The number of rotatable bonds is 2. The van der Waals surface area contributed by atoms with E-state index in [-0.39, 0.29) is 0 Å². The summed E-state index contributed by atoms with van der Waals surface area (Å²) in [6, 6.07) is 0. The van der Waals surface area contributed by atoms with Gasteiger partial charge < -0.3 is 4.74 Å². The molecule has 0 saturated heterocycles. The van der Waals surface area contributed by atoms with Crippen LogP contribution in [0.15, 0.2) is 21.5 Å². The van der Waals surface area contributed by atoms with Crippen LogP contribution in [0.2, 0.25) is 0 Å². The van der Waals surface area contributed by atoms with E-state index in [1.807, 2.05) is 17.8 Å². The second-order valence-electron chi connectivity index (χ2n) is 2.26. The fraction of sp³-hybridized carbons (Fsp3) is 0.286. The Morgan fingerprint density at radius 1 is 1.73 bits per heavy atom. The average molecular weight is 186 g/mol. The van der Waals surface area contributed by atoms with Crippen LogP contribution in [-0.4, -0.2) is 12.2 Å². The van der Waals surface area contributed by atoms with Gasteiger partial charge in [-0.25, -0.2) is 0 Å². The predicted octanol–water partition coefficient (Wildman–Crippen LogP) is 1.95. The number of ether oxygens (including phenoxy) is 1. The van der Waals surface area contributed by atoms with Gasteiger partial charge in [-0.3, -0.25) is 4.79 Å². The Morgan fingerprint density at radius 2 is 2.64 bits per heavy atom. The molecule has 11 heavy (non-hydrogen) atoms. The first-order valence-electron chi connectivity index (χ1n) is 3.22. The highest BCUT2D eigenvalue weighted by atomic mass is 32.2. The van der Waals surface area contributed by atoms with Gasteiger partial charge in [0.2, 0.25) is 0 Å². The zero-order valence-electron chi connectivity index (χ0n) is 5.65. The minimum absolute atomic E-state index is 0.480. The molecular formula is C7H6O2S2. The van der Waals surface area contributed by atoms with Gasteiger partial charge in [-0.2, -0.15) is 0 Å². The van der Waals surface area contributed by atoms with Crippen molar-refractivity contribution in [3.63, 3.8) is 0 Å². The van der Waals surface area contributed by atoms with E-state index in [2.05, 4.69) is 5.41 Å². The van der Waals surface area contributed by atoms with E-state index in [0.29, 0.717) is 12.4 Å². The van der Waals surface area contributed by atoms with Crippen molar-refractivity contribution in [2.24, 2.45) is 5.92 Å². The largest absolute Gasteiger partial charge is 0.422 e. The van der Waals surface area contributed by atoms with E-state index in [1.54, 1.807) is 11.8 Å². The fourth-order valence-electron chi connectivity index (χ4n) is 1.06. The maximum Gasteiger partial charge on any atom is 0.299 e.